The van der Waals surface area contributed by atoms with E-state index in [2.05, 4.69) is 57.2 Å². The summed E-state index contributed by atoms with van der Waals surface area (Å²) in [4.78, 5) is 7.30. The van der Waals surface area contributed by atoms with Crippen LogP contribution in [0.2, 0.25) is 0 Å². The molecule has 2 heterocycles. The number of para-hydroxylation sites is 1. The van der Waals surface area contributed by atoms with Crippen LogP contribution in [0.5, 0.6) is 0 Å². The number of benzene rings is 1. The molecule has 1 aromatic heterocycles. The van der Waals surface area contributed by atoms with E-state index in [9.17, 15) is 0 Å². The van der Waals surface area contributed by atoms with Crippen molar-refractivity contribution >= 4 is 26.8 Å². The van der Waals surface area contributed by atoms with E-state index in [1.807, 2.05) is 0 Å². The number of halogens is 1. The first kappa shape index (κ1) is 13.1. The van der Waals surface area contributed by atoms with Gasteiger partial charge in [0.05, 0.1) is 11.2 Å². The van der Waals surface area contributed by atoms with Crippen molar-refractivity contribution in [3.63, 3.8) is 0 Å². The molecule has 19 heavy (non-hydrogen) atoms. The number of piperidine rings is 1. The molecule has 1 saturated heterocycles. The van der Waals surface area contributed by atoms with Gasteiger partial charge in [0.2, 0.25) is 0 Å². The molecule has 1 aliphatic heterocycles. The second-order valence-corrected chi connectivity index (χ2v) is 6.04. The second kappa shape index (κ2) is 6.02. The molecule has 0 amide bonds. The van der Waals surface area contributed by atoms with E-state index in [0.29, 0.717) is 0 Å². The first-order valence-electron chi connectivity index (χ1n) is 6.98. The van der Waals surface area contributed by atoms with Gasteiger partial charge in [0.1, 0.15) is 0 Å². The van der Waals surface area contributed by atoms with Crippen LogP contribution in [0.3, 0.4) is 0 Å². The van der Waals surface area contributed by atoms with Crippen LogP contribution < -0.4 is 0 Å². The van der Waals surface area contributed by atoms with E-state index in [1.165, 1.54) is 37.0 Å². The van der Waals surface area contributed by atoms with Crippen LogP contribution in [0.25, 0.3) is 10.9 Å². The number of likely N-dealkylation sites (tertiary alicyclic amines) is 1. The zero-order chi connectivity index (χ0) is 13.1. The summed E-state index contributed by atoms with van der Waals surface area (Å²) in [5, 5.41) is 2.34. The van der Waals surface area contributed by atoms with Gasteiger partial charge in [-0.05, 0) is 37.4 Å². The molecule has 2 nitrogen and oxygen atoms in total. The van der Waals surface area contributed by atoms with Crippen molar-refractivity contribution in [1.82, 2.24) is 9.88 Å². The number of fused-ring (bicyclic) bond motifs is 1. The summed E-state index contributed by atoms with van der Waals surface area (Å²) in [6.07, 6.45) is 2.66. The largest absolute Gasteiger partial charge is 0.297 e. The molecule has 0 saturated carbocycles. The molecule has 0 aliphatic carbocycles. The Labute approximate surface area is 123 Å². The third-order valence-electron chi connectivity index (χ3n) is 3.86. The van der Waals surface area contributed by atoms with E-state index in [-0.39, 0.29) is 0 Å². The number of hydrogen-bond donors (Lipinski definition) is 0. The standard InChI is InChI=1S/C16H19BrN2/c17-10-13-4-3-9-19(11-13)12-15-8-7-14-5-1-2-6-16(14)18-15/h1-2,5-8,13H,3-4,9-12H2. The maximum atomic E-state index is 4.77. The van der Waals surface area contributed by atoms with Gasteiger partial charge in [0.15, 0.2) is 0 Å². The molecule has 1 atom stereocenters. The summed E-state index contributed by atoms with van der Waals surface area (Å²) in [5.41, 5.74) is 2.29. The van der Waals surface area contributed by atoms with Crippen LogP contribution in [0, 0.1) is 5.92 Å². The lowest BCUT2D eigenvalue weighted by Gasteiger charge is -2.31. The van der Waals surface area contributed by atoms with Crippen LogP contribution >= 0.6 is 15.9 Å². The number of pyridine rings is 1. The van der Waals surface area contributed by atoms with Crippen molar-refractivity contribution < 1.29 is 0 Å². The summed E-state index contributed by atoms with van der Waals surface area (Å²) >= 11 is 3.61. The van der Waals surface area contributed by atoms with Crippen molar-refractivity contribution in [3.05, 3.63) is 42.1 Å². The first-order chi connectivity index (χ1) is 9.35. The average Bonchev–Trinajstić information content (AvgIpc) is 2.47. The van der Waals surface area contributed by atoms with Gasteiger partial charge in [0, 0.05) is 23.8 Å². The Balaban J connectivity index is 1.74. The van der Waals surface area contributed by atoms with Gasteiger partial charge in [-0.1, -0.05) is 40.2 Å². The Hall–Kier alpha value is -0.930. The van der Waals surface area contributed by atoms with Crippen LogP contribution in [0.4, 0.5) is 0 Å². The van der Waals surface area contributed by atoms with Crippen molar-refractivity contribution in [3.8, 4) is 0 Å². The van der Waals surface area contributed by atoms with Gasteiger partial charge in [-0.3, -0.25) is 9.88 Å². The zero-order valence-corrected chi connectivity index (χ0v) is 12.6. The maximum absolute atomic E-state index is 4.77. The van der Waals surface area contributed by atoms with Crippen molar-refractivity contribution in [2.75, 3.05) is 18.4 Å². The fraction of sp³-hybridized carbons (Fsp3) is 0.438. The molecule has 1 aromatic carbocycles. The molecule has 1 unspecified atom stereocenters. The molecular formula is C16H19BrN2. The first-order valence-corrected chi connectivity index (χ1v) is 8.10. The van der Waals surface area contributed by atoms with Crippen molar-refractivity contribution in [2.24, 2.45) is 5.92 Å². The summed E-state index contributed by atoms with van der Waals surface area (Å²) in [6, 6.07) is 12.7. The fourth-order valence-electron chi connectivity index (χ4n) is 2.85. The monoisotopic (exact) mass is 318 g/mol. The molecule has 0 N–H and O–H groups in total. The Morgan fingerprint density at radius 1 is 1.21 bits per heavy atom. The van der Waals surface area contributed by atoms with E-state index in [4.69, 9.17) is 4.98 Å². The molecular weight excluding hydrogens is 300 g/mol. The van der Waals surface area contributed by atoms with Gasteiger partial charge >= 0.3 is 0 Å². The lowest BCUT2D eigenvalue weighted by Crippen LogP contribution is -2.35. The van der Waals surface area contributed by atoms with Gasteiger partial charge in [-0.25, -0.2) is 0 Å². The van der Waals surface area contributed by atoms with Crippen molar-refractivity contribution in [1.29, 1.82) is 0 Å². The van der Waals surface area contributed by atoms with Crippen LogP contribution in [0.1, 0.15) is 18.5 Å². The van der Waals surface area contributed by atoms with Gasteiger partial charge < -0.3 is 0 Å². The normalized spacial score (nSPS) is 20.8. The molecule has 0 bridgehead atoms. The zero-order valence-electron chi connectivity index (χ0n) is 11.1. The number of nitrogens with zero attached hydrogens (tertiary/aromatic N) is 2. The molecule has 2 aromatic rings. The smallest absolute Gasteiger partial charge is 0.0705 e. The molecule has 3 rings (SSSR count). The molecule has 1 aliphatic rings. The quantitative estimate of drug-likeness (QED) is 0.799. The highest BCUT2D eigenvalue weighted by Gasteiger charge is 2.19. The highest BCUT2D eigenvalue weighted by molar-refractivity contribution is 9.09. The minimum Gasteiger partial charge on any atom is -0.297 e. The summed E-state index contributed by atoms with van der Waals surface area (Å²) in [6.45, 7) is 3.38. The van der Waals surface area contributed by atoms with Gasteiger partial charge in [0.25, 0.3) is 0 Å². The predicted molar refractivity (Wildman–Crippen MR) is 83.5 cm³/mol. The van der Waals surface area contributed by atoms with Crippen LogP contribution in [-0.2, 0) is 6.54 Å². The Morgan fingerprint density at radius 2 is 2.11 bits per heavy atom. The minimum atomic E-state index is 0.800. The average molecular weight is 319 g/mol. The SMILES string of the molecule is BrCC1CCCN(Cc2ccc3ccccc3n2)C1. The number of hydrogen-bond acceptors (Lipinski definition) is 2. The lowest BCUT2D eigenvalue weighted by atomic mass is 10.00. The summed E-state index contributed by atoms with van der Waals surface area (Å²) in [7, 11) is 0. The Kier molecular flexibility index (Phi) is 4.14. The third kappa shape index (κ3) is 3.15. The van der Waals surface area contributed by atoms with E-state index < -0.39 is 0 Å². The number of alkyl halides is 1. The molecule has 0 radical (unpaired) electrons. The van der Waals surface area contributed by atoms with Crippen LogP contribution in [-0.4, -0.2) is 28.3 Å². The van der Waals surface area contributed by atoms with Gasteiger partial charge in [-0.2, -0.15) is 0 Å². The topological polar surface area (TPSA) is 16.1 Å². The number of aromatic nitrogens is 1. The number of rotatable bonds is 3. The lowest BCUT2D eigenvalue weighted by molar-refractivity contribution is 0.177. The maximum Gasteiger partial charge on any atom is 0.0705 e. The highest BCUT2D eigenvalue weighted by Crippen LogP contribution is 2.20. The van der Waals surface area contributed by atoms with E-state index in [1.54, 1.807) is 0 Å². The molecule has 1 fully saturated rings. The van der Waals surface area contributed by atoms with E-state index in [0.717, 1.165) is 23.3 Å². The molecule has 100 valence electrons. The van der Waals surface area contributed by atoms with Crippen molar-refractivity contribution in [2.45, 2.75) is 19.4 Å². The van der Waals surface area contributed by atoms with Crippen LogP contribution in [0.15, 0.2) is 36.4 Å². The highest BCUT2D eigenvalue weighted by atomic mass is 79.9. The minimum absolute atomic E-state index is 0.800. The predicted octanol–water partition coefficient (Wildman–Crippen LogP) is 3.84. The van der Waals surface area contributed by atoms with Gasteiger partial charge in [-0.15, -0.1) is 0 Å². The Bertz CT molecular complexity index is 555. The molecule has 0 spiro atoms. The Morgan fingerprint density at radius 3 is 3.00 bits per heavy atom. The van der Waals surface area contributed by atoms with E-state index >= 15 is 0 Å². The summed E-state index contributed by atoms with van der Waals surface area (Å²) < 4.78 is 0. The second-order valence-electron chi connectivity index (χ2n) is 5.39. The fourth-order valence-corrected chi connectivity index (χ4v) is 3.37. The summed E-state index contributed by atoms with van der Waals surface area (Å²) in [5.74, 6) is 0.800. The third-order valence-corrected chi connectivity index (χ3v) is 4.78. The molecule has 3 heteroatoms.